The quantitative estimate of drug-likeness (QED) is 0.706. The van der Waals surface area contributed by atoms with Crippen molar-refractivity contribution in [1.82, 2.24) is 9.78 Å². The Kier molecular flexibility index (Phi) is 2.33. The maximum absolute atomic E-state index is 10.2. The highest BCUT2D eigenvalue weighted by molar-refractivity contribution is 5.98. The zero-order chi connectivity index (χ0) is 12.7. The third-order valence-corrected chi connectivity index (χ3v) is 3.23. The van der Waals surface area contributed by atoms with E-state index < -0.39 is 0 Å². The standard InChI is InChI=1S/C15H14N2O/c1-10-12-8-9-13(18)14(15(12)17(2)16-10)11-6-4-3-5-7-11/h3-9,18H,1-2H3. The van der Waals surface area contributed by atoms with E-state index in [1.807, 2.05) is 55.1 Å². The Labute approximate surface area is 105 Å². The first-order chi connectivity index (χ1) is 8.68. The molecule has 0 spiro atoms. The van der Waals surface area contributed by atoms with Crippen molar-refractivity contribution in [3.8, 4) is 16.9 Å². The molecule has 18 heavy (non-hydrogen) atoms. The molecule has 3 aromatic rings. The fourth-order valence-electron chi connectivity index (χ4n) is 2.43. The summed E-state index contributed by atoms with van der Waals surface area (Å²) in [6.07, 6.45) is 0. The van der Waals surface area contributed by atoms with Gasteiger partial charge in [0.2, 0.25) is 0 Å². The van der Waals surface area contributed by atoms with Gasteiger partial charge in [-0.05, 0) is 24.6 Å². The van der Waals surface area contributed by atoms with Crippen LogP contribution < -0.4 is 0 Å². The van der Waals surface area contributed by atoms with Gasteiger partial charge in [-0.2, -0.15) is 5.10 Å². The first-order valence-corrected chi connectivity index (χ1v) is 5.89. The lowest BCUT2D eigenvalue weighted by Gasteiger charge is -2.08. The highest BCUT2D eigenvalue weighted by atomic mass is 16.3. The average molecular weight is 238 g/mol. The van der Waals surface area contributed by atoms with Gasteiger partial charge in [-0.1, -0.05) is 30.3 Å². The molecular weight excluding hydrogens is 224 g/mol. The molecule has 2 aromatic carbocycles. The van der Waals surface area contributed by atoms with E-state index in [2.05, 4.69) is 5.10 Å². The molecule has 0 bridgehead atoms. The number of nitrogens with zero attached hydrogens (tertiary/aromatic N) is 2. The van der Waals surface area contributed by atoms with E-state index in [-0.39, 0.29) is 5.75 Å². The Morgan fingerprint density at radius 2 is 1.78 bits per heavy atom. The molecule has 1 aromatic heterocycles. The minimum absolute atomic E-state index is 0.289. The first-order valence-electron chi connectivity index (χ1n) is 5.89. The molecule has 0 saturated heterocycles. The Bertz CT molecular complexity index is 714. The van der Waals surface area contributed by atoms with Gasteiger partial charge in [0, 0.05) is 18.0 Å². The van der Waals surface area contributed by atoms with Crippen LogP contribution in [0, 0.1) is 6.92 Å². The normalized spacial score (nSPS) is 11.0. The number of rotatable bonds is 1. The maximum Gasteiger partial charge on any atom is 0.125 e. The number of hydrogen-bond donors (Lipinski definition) is 1. The summed E-state index contributed by atoms with van der Waals surface area (Å²) >= 11 is 0. The van der Waals surface area contributed by atoms with E-state index in [9.17, 15) is 5.11 Å². The van der Waals surface area contributed by atoms with Crippen LogP contribution in [0.5, 0.6) is 5.75 Å². The Balaban J connectivity index is 2.44. The van der Waals surface area contributed by atoms with Gasteiger partial charge in [0.25, 0.3) is 0 Å². The van der Waals surface area contributed by atoms with E-state index in [0.29, 0.717) is 0 Å². The number of phenols is 1. The second kappa shape index (κ2) is 3.88. The van der Waals surface area contributed by atoms with Gasteiger partial charge in [-0.25, -0.2) is 0 Å². The van der Waals surface area contributed by atoms with Crippen LogP contribution in [0.4, 0.5) is 0 Å². The molecule has 0 aliphatic heterocycles. The molecule has 0 atom stereocenters. The van der Waals surface area contributed by atoms with Crippen LogP contribution in [-0.2, 0) is 7.05 Å². The van der Waals surface area contributed by atoms with Crippen LogP contribution >= 0.6 is 0 Å². The highest BCUT2D eigenvalue weighted by Crippen LogP contribution is 2.36. The topological polar surface area (TPSA) is 38.0 Å². The van der Waals surface area contributed by atoms with Crippen molar-refractivity contribution in [3.05, 3.63) is 48.2 Å². The lowest BCUT2D eigenvalue weighted by molar-refractivity contribution is 0.478. The van der Waals surface area contributed by atoms with Crippen LogP contribution in [0.3, 0.4) is 0 Å². The van der Waals surface area contributed by atoms with E-state index in [1.54, 1.807) is 6.07 Å². The third-order valence-electron chi connectivity index (χ3n) is 3.23. The van der Waals surface area contributed by atoms with Crippen LogP contribution in [-0.4, -0.2) is 14.9 Å². The summed E-state index contributed by atoms with van der Waals surface area (Å²) < 4.78 is 1.83. The Morgan fingerprint density at radius 1 is 1.06 bits per heavy atom. The van der Waals surface area contributed by atoms with E-state index in [4.69, 9.17) is 0 Å². The van der Waals surface area contributed by atoms with Gasteiger partial charge in [-0.15, -0.1) is 0 Å². The maximum atomic E-state index is 10.2. The SMILES string of the molecule is Cc1nn(C)c2c(-c3ccccc3)c(O)ccc12. The lowest BCUT2D eigenvalue weighted by Crippen LogP contribution is -1.92. The summed E-state index contributed by atoms with van der Waals surface area (Å²) in [6, 6.07) is 13.6. The average Bonchev–Trinajstić information content (AvgIpc) is 2.66. The largest absolute Gasteiger partial charge is 0.507 e. The molecule has 0 fully saturated rings. The van der Waals surface area contributed by atoms with Crippen LogP contribution in [0.15, 0.2) is 42.5 Å². The van der Waals surface area contributed by atoms with Crippen molar-refractivity contribution in [2.75, 3.05) is 0 Å². The van der Waals surface area contributed by atoms with Crippen molar-refractivity contribution in [2.24, 2.45) is 7.05 Å². The van der Waals surface area contributed by atoms with Crippen molar-refractivity contribution in [1.29, 1.82) is 0 Å². The van der Waals surface area contributed by atoms with Crippen LogP contribution in [0.25, 0.3) is 22.0 Å². The second-order valence-corrected chi connectivity index (χ2v) is 4.43. The molecule has 3 rings (SSSR count). The van der Waals surface area contributed by atoms with Gasteiger partial charge < -0.3 is 5.11 Å². The fraction of sp³-hybridized carbons (Fsp3) is 0.133. The predicted molar refractivity (Wildman–Crippen MR) is 72.6 cm³/mol. The number of fused-ring (bicyclic) bond motifs is 1. The Hall–Kier alpha value is -2.29. The van der Waals surface area contributed by atoms with Crippen molar-refractivity contribution in [3.63, 3.8) is 0 Å². The molecule has 0 aliphatic carbocycles. The number of phenolic OH excluding ortho intramolecular Hbond substituents is 1. The van der Waals surface area contributed by atoms with Crippen molar-refractivity contribution >= 4 is 10.9 Å². The summed E-state index contributed by atoms with van der Waals surface area (Å²) in [5.74, 6) is 0.289. The predicted octanol–water partition coefficient (Wildman–Crippen LogP) is 3.25. The van der Waals surface area contributed by atoms with E-state index in [0.717, 1.165) is 27.7 Å². The molecule has 0 amide bonds. The summed E-state index contributed by atoms with van der Waals surface area (Å²) in [5.41, 5.74) is 3.79. The van der Waals surface area contributed by atoms with E-state index >= 15 is 0 Å². The number of aromatic nitrogens is 2. The van der Waals surface area contributed by atoms with Gasteiger partial charge in [0.05, 0.1) is 11.2 Å². The molecule has 0 radical (unpaired) electrons. The molecule has 0 aliphatic rings. The number of aromatic hydroxyl groups is 1. The number of benzene rings is 2. The highest BCUT2D eigenvalue weighted by Gasteiger charge is 2.14. The number of hydrogen-bond acceptors (Lipinski definition) is 2. The fourth-order valence-corrected chi connectivity index (χ4v) is 2.43. The number of aryl methyl sites for hydroxylation is 2. The summed E-state index contributed by atoms with van der Waals surface area (Å²) in [5, 5.41) is 15.7. The van der Waals surface area contributed by atoms with E-state index in [1.165, 1.54) is 0 Å². The zero-order valence-electron chi connectivity index (χ0n) is 10.4. The van der Waals surface area contributed by atoms with Gasteiger partial charge in [-0.3, -0.25) is 4.68 Å². The third kappa shape index (κ3) is 1.48. The monoisotopic (exact) mass is 238 g/mol. The summed E-state index contributed by atoms with van der Waals surface area (Å²) in [7, 11) is 1.90. The van der Waals surface area contributed by atoms with Gasteiger partial charge in [0.1, 0.15) is 5.75 Å². The smallest absolute Gasteiger partial charge is 0.125 e. The Morgan fingerprint density at radius 3 is 2.50 bits per heavy atom. The molecule has 3 nitrogen and oxygen atoms in total. The molecular formula is C15H14N2O. The van der Waals surface area contributed by atoms with Crippen molar-refractivity contribution < 1.29 is 5.11 Å². The second-order valence-electron chi connectivity index (χ2n) is 4.43. The van der Waals surface area contributed by atoms with Crippen molar-refractivity contribution in [2.45, 2.75) is 6.92 Å². The molecule has 1 N–H and O–H groups in total. The summed E-state index contributed by atoms with van der Waals surface area (Å²) in [4.78, 5) is 0. The first kappa shape index (κ1) is 10.8. The summed E-state index contributed by atoms with van der Waals surface area (Å²) in [6.45, 7) is 1.98. The molecule has 1 heterocycles. The van der Waals surface area contributed by atoms with Gasteiger partial charge >= 0.3 is 0 Å². The van der Waals surface area contributed by atoms with Crippen LogP contribution in [0.2, 0.25) is 0 Å². The van der Waals surface area contributed by atoms with Crippen LogP contribution in [0.1, 0.15) is 5.69 Å². The molecule has 3 heteroatoms. The zero-order valence-corrected chi connectivity index (χ0v) is 10.4. The molecule has 90 valence electrons. The molecule has 0 unspecified atom stereocenters. The minimum atomic E-state index is 0.289. The minimum Gasteiger partial charge on any atom is -0.507 e. The van der Waals surface area contributed by atoms with Gasteiger partial charge in [0.15, 0.2) is 0 Å². The molecule has 0 saturated carbocycles. The lowest BCUT2D eigenvalue weighted by atomic mass is 10.0.